The lowest BCUT2D eigenvalue weighted by molar-refractivity contribution is -0.147. The number of aryl methyl sites for hydroxylation is 1. The lowest BCUT2D eigenvalue weighted by Gasteiger charge is -2.35. The van der Waals surface area contributed by atoms with Crippen LogP contribution in [-0.4, -0.2) is 64.6 Å². The zero-order chi connectivity index (χ0) is 29.1. The SMILES string of the molecule is CCc1nc(Cc2ccccc2)oc1C1CCN(C[C@H]2CN([C@@H](C(=O)O)C(C)(C)C)C[C@@H]2c2cccc(F)c2)CC1. The van der Waals surface area contributed by atoms with Gasteiger partial charge in [0.25, 0.3) is 0 Å². The number of carboxylic acid groups (broad SMARTS) is 1. The van der Waals surface area contributed by atoms with Gasteiger partial charge in [-0.05, 0) is 66.9 Å². The summed E-state index contributed by atoms with van der Waals surface area (Å²) >= 11 is 0. The third-order valence-electron chi connectivity index (χ3n) is 8.92. The Kier molecular flexibility index (Phi) is 8.95. The van der Waals surface area contributed by atoms with E-state index in [2.05, 4.69) is 28.9 Å². The minimum atomic E-state index is -0.789. The quantitative estimate of drug-likeness (QED) is 0.328. The number of aliphatic carboxylic acids is 1. The van der Waals surface area contributed by atoms with Gasteiger partial charge in [-0.15, -0.1) is 0 Å². The highest BCUT2D eigenvalue weighted by Gasteiger charge is 2.44. The van der Waals surface area contributed by atoms with Crippen LogP contribution in [0.4, 0.5) is 4.39 Å². The minimum absolute atomic E-state index is 0.0918. The number of halogens is 1. The van der Waals surface area contributed by atoms with Gasteiger partial charge in [-0.25, -0.2) is 9.37 Å². The maximum atomic E-state index is 14.2. The number of carboxylic acids is 1. The number of nitrogens with zero attached hydrogens (tertiary/aromatic N) is 3. The molecular weight excluding hydrogens is 517 g/mol. The van der Waals surface area contributed by atoms with E-state index < -0.39 is 17.4 Å². The van der Waals surface area contributed by atoms with Crippen molar-refractivity contribution in [3.8, 4) is 0 Å². The maximum absolute atomic E-state index is 14.2. The van der Waals surface area contributed by atoms with Gasteiger partial charge in [0.2, 0.25) is 0 Å². The summed E-state index contributed by atoms with van der Waals surface area (Å²) in [5.74, 6) is 1.49. The lowest BCUT2D eigenvalue weighted by atomic mass is 9.85. The predicted octanol–water partition coefficient (Wildman–Crippen LogP) is 6.36. The van der Waals surface area contributed by atoms with Crippen molar-refractivity contribution in [2.75, 3.05) is 32.7 Å². The van der Waals surface area contributed by atoms with Crippen LogP contribution in [0.5, 0.6) is 0 Å². The zero-order valence-electron chi connectivity index (χ0n) is 24.9. The Hall–Kier alpha value is -3.03. The highest BCUT2D eigenvalue weighted by Crippen LogP contribution is 2.39. The third-order valence-corrected chi connectivity index (χ3v) is 8.92. The summed E-state index contributed by atoms with van der Waals surface area (Å²) in [7, 11) is 0. The van der Waals surface area contributed by atoms with E-state index in [9.17, 15) is 14.3 Å². The molecule has 2 aliphatic heterocycles. The van der Waals surface area contributed by atoms with Crippen molar-refractivity contribution in [2.24, 2.45) is 11.3 Å². The van der Waals surface area contributed by atoms with Crippen molar-refractivity contribution in [1.29, 1.82) is 0 Å². The van der Waals surface area contributed by atoms with Crippen molar-refractivity contribution in [1.82, 2.24) is 14.8 Å². The first-order valence-electron chi connectivity index (χ1n) is 15.1. The molecule has 0 aliphatic carbocycles. The third kappa shape index (κ3) is 6.90. The first kappa shape index (κ1) is 29.5. The smallest absolute Gasteiger partial charge is 0.321 e. The Balaban J connectivity index is 1.27. The molecule has 0 amide bonds. The molecule has 2 fully saturated rings. The Morgan fingerprint density at radius 3 is 2.46 bits per heavy atom. The van der Waals surface area contributed by atoms with Gasteiger partial charge in [0.15, 0.2) is 5.89 Å². The molecule has 0 unspecified atom stereocenters. The van der Waals surface area contributed by atoms with Crippen molar-refractivity contribution in [3.63, 3.8) is 0 Å². The number of likely N-dealkylation sites (tertiary alicyclic amines) is 2. The molecular formula is C34H44FN3O3. The zero-order valence-corrected chi connectivity index (χ0v) is 24.9. The highest BCUT2D eigenvalue weighted by atomic mass is 19.1. The fraction of sp³-hybridized carbons (Fsp3) is 0.529. The molecule has 0 bridgehead atoms. The van der Waals surface area contributed by atoms with Gasteiger partial charge < -0.3 is 14.4 Å². The number of hydrogen-bond donors (Lipinski definition) is 1. The Morgan fingerprint density at radius 1 is 1.10 bits per heavy atom. The van der Waals surface area contributed by atoms with Gasteiger partial charge in [0.1, 0.15) is 17.6 Å². The van der Waals surface area contributed by atoms with E-state index in [-0.39, 0.29) is 17.7 Å². The van der Waals surface area contributed by atoms with Crippen LogP contribution in [0, 0.1) is 17.2 Å². The average Bonchev–Trinajstić information content (AvgIpc) is 3.52. The fourth-order valence-corrected chi connectivity index (χ4v) is 7.03. The summed E-state index contributed by atoms with van der Waals surface area (Å²) in [6.45, 7) is 12.2. The number of aromatic nitrogens is 1. The molecule has 3 aromatic rings. The molecule has 5 rings (SSSR count). The largest absolute Gasteiger partial charge is 0.480 e. The van der Waals surface area contributed by atoms with Crippen LogP contribution in [0.1, 0.15) is 80.8 Å². The summed E-state index contributed by atoms with van der Waals surface area (Å²) < 4.78 is 20.6. The van der Waals surface area contributed by atoms with Gasteiger partial charge in [-0.1, -0.05) is 70.2 Å². The second kappa shape index (κ2) is 12.5. The summed E-state index contributed by atoms with van der Waals surface area (Å²) in [5.41, 5.74) is 2.84. The van der Waals surface area contributed by atoms with Gasteiger partial charge in [0.05, 0.1) is 5.69 Å². The molecule has 220 valence electrons. The van der Waals surface area contributed by atoms with Crippen LogP contribution < -0.4 is 0 Å². The highest BCUT2D eigenvalue weighted by molar-refractivity contribution is 5.74. The molecule has 3 heterocycles. The Labute approximate surface area is 243 Å². The molecule has 2 saturated heterocycles. The number of benzene rings is 2. The summed E-state index contributed by atoms with van der Waals surface area (Å²) in [6.07, 6.45) is 3.58. The minimum Gasteiger partial charge on any atom is -0.480 e. The molecule has 41 heavy (non-hydrogen) atoms. The van der Waals surface area contributed by atoms with E-state index in [0.29, 0.717) is 25.4 Å². The first-order valence-corrected chi connectivity index (χ1v) is 15.1. The lowest BCUT2D eigenvalue weighted by Crippen LogP contribution is -2.48. The second-order valence-electron chi connectivity index (χ2n) is 13.0. The van der Waals surface area contributed by atoms with Crippen molar-refractivity contribution >= 4 is 5.97 Å². The molecule has 0 saturated carbocycles. The molecule has 1 aromatic heterocycles. The van der Waals surface area contributed by atoms with E-state index >= 15 is 0 Å². The molecule has 7 heteroatoms. The van der Waals surface area contributed by atoms with Crippen LogP contribution in [-0.2, 0) is 17.6 Å². The second-order valence-corrected chi connectivity index (χ2v) is 13.0. The average molecular weight is 562 g/mol. The van der Waals surface area contributed by atoms with Crippen molar-refractivity contribution in [2.45, 2.75) is 71.3 Å². The number of carbonyl (C=O) groups is 1. The molecule has 0 spiro atoms. The van der Waals surface area contributed by atoms with E-state index in [1.165, 1.54) is 11.6 Å². The summed E-state index contributed by atoms with van der Waals surface area (Å²) in [4.78, 5) is 21.8. The molecule has 1 N–H and O–H groups in total. The van der Waals surface area contributed by atoms with Crippen LogP contribution >= 0.6 is 0 Å². The van der Waals surface area contributed by atoms with E-state index in [1.54, 1.807) is 12.1 Å². The van der Waals surface area contributed by atoms with Crippen LogP contribution in [0.3, 0.4) is 0 Å². The molecule has 6 nitrogen and oxygen atoms in total. The van der Waals surface area contributed by atoms with Gasteiger partial charge >= 0.3 is 5.97 Å². The van der Waals surface area contributed by atoms with Crippen LogP contribution in [0.25, 0.3) is 0 Å². The van der Waals surface area contributed by atoms with Crippen molar-refractivity contribution in [3.05, 3.63) is 88.9 Å². The predicted molar refractivity (Wildman–Crippen MR) is 159 cm³/mol. The number of rotatable bonds is 9. The Morgan fingerprint density at radius 2 is 1.83 bits per heavy atom. The van der Waals surface area contributed by atoms with E-state index in [4.69, 9.17) is 9.40 Å². The molecule has 0 radical (unpaired) electrons. The van der Waals surface area contributed by atoms with Gasteiger partial charge in [0, 0.05) is 37.9 Å². The Bertz CT molecular complexity index is 1310. The number of oxazole rings is 1. The first-order chi connectivity index (χ1) is 19.6. The van der Waals surface area contributed by atoms with Gasteiger partial charge in [-0.2, -0.15) is 0 Å². The molecule has 2 aromatic carbocycles. The topological polar surface area (TPSA) is 69.8 Å². The maximum Gasteiger partial charge on any atom is 0.321 e. The molecule has 3 atom stereocenters. The van der Waals surface area contributed by atoms with Crippen LogP contribution in [0.2, 0.25) is 0 Å². The van der Waals surface area contributed by atoms with E-state index in [1.807, 2.05) is 45.0 Å². The molecule has 2 aliphatic rings. The van der Waals surface area contributed by atoms with Gasteiger partial charge in [-0.3, -0.25) is 9.69 Å². The normalized spacial score (nSPS) is 21.8. The summed E-state index contributed by atoms with van der Waals surface area (Å²) in [5, 5.41) is 10.1. The van der Waals surface area contributed by atoms with E-state index in [0.717, 1.165) is 61.8 Å². The standard InChI is InChI=1S/C34H44FN3O3/c1-5-29-31(41-30(36-29)18-23-10-7-6-8-11-23)24-14-16-37(17-15-24)20-26-21-38(32(33(39)40)34(2,3)4)22-28(26)25-12-9-13-27(35)19-25/h6-13,19,24,26,28,32H,5,14-18,20-22H2,1-4H3,(H,39,40)/t26-,28+,32-/m0/s1. The number of piperidine rings is 1. The summed E-state index contributed by atoms with van der Waals surface area (Å²) in [6, 6.07) is 16.6. The monoisotopic (exact) mass is 561 g/mol. The van der Waals surface area contributed by atoms with Crippen LogP contribution in [0.15, 0.2) is 59.0 Å². The fourth-order valence-electron chi connectivity index (χ4n) is 7.03. The number of hydrogen-bond acceptors (Lipinski definition) is 5. The van der Waals surface area contributed by atoms with Crippen molar-refractivity contribution < 1.29 is 18.7 Å².